The summed E-state index contributed by atoms with van der Waals surface area (Å²) < 4.78 is 4.28. The number of hydrogen-bond acceptors (Lipinski definition) is 4. The summed E-state index contributed by atoms with van der Waals surface area (Å²) in [6, 6.07) is 0. The van der Waals surface area contributed by atoms with Crippen molar-refractivity contribution in [1.82, 2.24) is 0 Å². The lowest BCUT2D eigenvalue weighted by Gasteiger charge is -2.18. The monoisotopic (exact) mass is 166 g/mol. The van der Waals surface area contributed by atoms with Crippen LogP contribution in [0.3, 0.4) is 0 Å². The second kappa shape index (κ2) is 2.04. The van der Waals surface area contributed by atoms with Crippen molar-refractivity contribution in [1.29, 1.82) is 0 Å². The molecule has 0 aromatic heterocycles. The zero-order chi connectivity index (χ0) is 8.77. The molecule has 1 N–H and O–H groups in total. The molecular formula is C8H6O4. The number of rotatable bonds is 0. The molecule has 1 heterocycles. The quantitative estimate of drug-likeness (QED) is 0.391. The fraction of sp³-hybridized carbons (Fsp3) is 0.250. The van der Waals surface area contributed by atoms with E-state index in [1.165, 1.54) is 18.2 Å². The molecule has 0 aromatic carbocycles. The molecule has 2 atom stereocenters. The Labute approximate surface area is 68.1 Å². The van der Waals surface area contributed by atoms with Crippen molar-refractivity contribution in [3.8, 4) is 0 Å². The van der Waals surface area contributed by atoms with Crippen LogP contribution in [0.15, 0.2) is 24.3 Å². The Morgan fingerprint density at radius 2 is 2.17 bits per heavy atom. The zero-order valence-corrected chi connectivity index (χ0v) is 6.06. The lowest BCUT2D eigenvalue weighted by atomic mass is 9.86. The highest BCUT2D eigenvalue weighted by Crippen LogP contribution is 2.32. The van der Waals surface area contributed by atoms with Crippen LogP contribution in [0.1, 0.15) is 0 Å². The first-order valence-electron chi connectivity index (χ1n) is 3.49. The summed E-state index contributed by atoms with van der Waals surface area (Å²) in [6.07, 6.45) is 5.83. The molecule has 0 saturated carbocycles. The number of carbonyl (C=O) groups is 2. The fourth-order valence-corrected chi connectivity index (χ4v) is 1.32. The first-order valence-corrected chi connectivity index (χ1v) is 3.49. The largest absolute Gasteiger partial charge is 0.390 e. The van der Waals surface area contributed by atoms with Crippen LogP contribution >= 0.6 is 0 Å². The van der Waals surface area contributed by atoms with Crippen LogP contribution < -0.4 is 0 Å². The molecule has 0 spiro atoms. The van der Waals surface area contributed by atoms with Gasteiger partial charge in [0.25, 0.3) is 0 Å². The van der Waals surface area contributed by atoms with Gasteiger partial charge in [-0.25, -0.2) is 4.79 Å². The molecule has 2 rings (SSSR count). The van der Waals surface area contributed by atoms with Crippen LogP contribution in [0, 0.1) is 5.92 Å². The average molecular weight is 166 g/mol. The lowest BCUT2D eigenvalue weighted by Crippen LogP contribution is -2.39. The molecule has 0 radical (unpaired) electrons. The minimum absolute atomic E-state index is 0.692. The molecule has 2 aliphatic rings. The highest BCUT2D eigenvalue weighted by Gasteiger charge is 2.54. The summed E-state index contributed by atoms with van der Waals surface area (Å²) in [5.41, 5.74) is -1.76. The molecule has 1 fully saturated rings. The number of fused-ring (bicyclic) bond motifs is 1. The number of hydrogen-bond donors (Lipinski definition) is 1. The van der Waals surface area contributed by atoms with Crippen molar-refractivity contribution in [2.45, 2.75) is 5.60 Å². The predicted molar refractivity (Wildman–Crippen MR) is 37.8 cm³/mol. The van der Waals surface area contributed by atoms with Crippen molar-refractivity contribution in [2.24, 2.45) is 5.92 Å². The predicted octanol–water partition coefficient (Wildman–Crippen LogP) is -0.457. The number of carbonyl (C=O) groups excluding carboxylic acids is 2. The molecule has 1 saturated heterocycles. The van der Waals surface area contributed by atoms with E-state index < -0.39 is 23.5 Å². The summed E-state index contributed by atoms with van der Waals surface area (Å²) in [5.74, 6) is -2.45. The standard InChI is InChI=1S/C8H6O4/c9-6-5-3-1-2-4-8(5,11)7(10)12-6/h1-5,11H. The van der Waals surface area contributed by atoms with E-state index in [4.69, 9.17) is 0 Å². The van der Waals surface area contributed by atoms with E-state index in [0.29, 0.717) is 0 Å². The third-order valence-corrected chi connectivity index (χ3v) is 2.01. The van der Waals surface area contributed by atoms with Gasteiger partial charge in [-0.05, 0) is 6.08 Å². The van der Waals surface area contributed by atoms with Gasteiger partial charge >= 0.3 is 11.9 Å². The topological polar surface area (TPSA) is 63.6 Å². The molecule has 0 bridgehead atoms. The number of ether oxygens (including phenoxy) is 1. The Kier molecular flexibility index (Phi) is 1.23. The average Bonchev–Trinajstić information content (AvgIpc) is 2.25. The SMILES string of the molecule is O=C1OC(=O)C2(O)C=CC=CC12. The number of esters is 2. The van der Waals surface area contributed by atoms with E-state index in [0.717, 1.165) is 0 Å². The van der Waals surface area contributed by atoms with Gasteiger partial charge in [0, 0.05) is 0 Å². The maximum Gasteiger partial charge on any atom is 0.351 e. The van der Waals surface area contributed by atoms with E-state index in [-0.39, 0.29) is 0 Å². The highest BCUT2D eigenvalue weighted by molar-refractivity contribution is 6.03. The summed E-state index contributed by atoms with van der Waals surface area (Å²) in [6.45, 7) is 0. The van der Waals surface area contributed by atoms with E-state index in [9.17, 15) is 14.7 Å². The van der Waals surface area contributed by atoms with Crippen LogP contribution in [-0.2, 0) is 14.3 Å². The van der Waals surface area contributed by atoms with Gasteiger partial charge in [-0.1, -0.05) is 18.2 Å². The van der Waals surface area contributed by atoms with Gasteiger partial charge in [-0.3, -0.25) is 4.79 Å². The maximum absolute atomic E-state index is 11.0. The minimum Gasteiger partial charge on any atom is -0.390 e. The van der Waals surface area contributed by atoms with Gasteiger partial charge in [0.1, 0.15) is 5.92 Å². The Morgan fingerprint density at radius 3 is 2.83 bits per heavy atom. The second-order valence-corrected chi connectivity index (χ2v) is 2.76. The second-order valence-electron chi connectivity index (χ2n) is 2.76. The molecule has 1 aliphatic heterocycles. The zero-order valence-electron chi connectivity index (χ0n) is 6.06. The smallest absolute Gasteiger partial charge is 0.351 e. The first kappa shape index (κ1) is 7.24. The van der Waals surface area contributed by atoms with Crippen molar-refractivity contribution in [3.05, 3.63) is 24.3 Å². The van der Waals surface area contributed by atoms with Crippen LogP contribution in [0.4, 0.5) is 0 Å². The molecule has 1 aliphatic carbocycles. The summed E-state index contributed by atoms with van der Waals surface area (Å²) in [4.78, 5) is 21.9. The third-order valence-electron chi connectivity index (χ3n) is 2.01. The van der Waals surface area contributed by atoms with E-state index >= 15 is 0 Å². The van der Waals surface area contributed by atoms with Crippen molar-refractivity contribution >= 4 is 11.9 Å². The normalized spacial score (nSPS) is 38.2. The number of aliphatic hydroxyl groups is 1. The first-order chi connectivity index (χ1) is 5.64. The van der Waals surface area contributed by atoms with Gasteiger partial charge in [-0.2, -0.15) is 0 Å². The Morgan fingerprint density at radius 1 is 1.42 bits per heavy atom. The maximum atomic E-state index is 11.0. The number of allylic oxidation sites excluding steroid dienone is 2. The summed E-state index contributed by atoms with van der Waals surface area (Å²) in [5, 5.41) is 9.62. The van der Waals surface area contributed by atoms with E-state index in [2.05, 4.69) is 4.74 Å². The Bertz CT molecular complexity index is 315. The van der Waals surface area contributed by atoms with Crippen LogP contribution in [-0.4, -0.2) is 22.6 Å². The van der Waals surface area contributed by atoms with E-state index in [1.54, 1.807) is 6.08 Å². The Hall–Kier alpha value is -1.42. The van der Waals surface area contributed by atoms with Gasteiger partial charge in [0.15, 0.2) is 5.60 Å². The molecule has 4 heteroatoms. The molecular weight excluding hydrogens is 160 g/mol. The van der Waals surface area contributed by atoms with Crippen molar-refractivity contribution < 1.29 is 19.4 Å². The van der Waals surface area contributed by atoms with Crippen LogP contribution in [0.5, 0.6) is 0 Å². The van der Waals surface area contributed by atoms with Crippen molar-refractivity contribution in [3.63, 3.8) is 0 Å². The van der Waals surface area contributed by atoms with E-state index in [1.807, 2.05) is 0 Å². The van der Waals surface area contributed by atoms with Crippen molar-refractivity contribution in [2.75, 3.05) is 0 Å². The third kappa shape index (κ3) is 0.698. The highest BCUT2D eigenvalue weighted by atomic mass is 16.6. The van der Waals surface area contributed by atoms with Gasteiger partial charge in [-0.15, -0.1) is 0 Å². The fourth-order valence-electron chi connectivity index (χ4n) is 1.32. The van der Waals surface area contributed by atoms with Gasteiger partial charge in [0.2, 0.25) is 0 Å². The molecule has 4 nitrogen and oxygen atoms in total. The Balaban J connectivity index is 2.49. The molecule has 62 valence electrons. The molecule has 0 aromatic rings. The number of cyclic esters (lactones) is 2. The lowest BCUT2D eigenvalue weighted by molar-refractivity contribution is -0.156. The van der Waals surface area contributed by atoms with Gasteiger partial charge in [0.05, 0.1) is 0 Å². The summed E-state index contributed by atoms with van der Waals surface area (Å²) >= 11 is 0. The van der Waals surface area contributed by atoms with Gasteiger partial charge < -0.3 is 9.84 Å². The molecule has 12 heavy (non-hydrogen) atoms. The molecule has 0 amide bonds. The summed E-state index contributed by atoms with van der Waals surface area (Å²) in [7, 11) is 0. The van der Waals surface area contributed by atoms with Crippen LogP contribution in [0.25, 0.3) is 0 Å². The molecule has 2 unspecified atom stereocenters. The minimum atomic E-state index is -1.76. The van der Waals surface area contributed by atoms with Crippen LogP contribution in [0.2, 0.25) is 0 Å².